The summed E-state index contributed by atoms with van der Waals surface area (Å²) >= 11 is 0. The highest BCUT2D eigenvalue weighted by atomic mass is 16.2. The summed E-state index contributed by atoms with van der Waals surface area (Å²) in [5, 5.41) is 6.62. The smallest absolute Gasteiger partial charge is 0.237 e. The maximum Gasteiger partial charge on any atom is 0.237 e. The third-order valence-corrected chi connectivity index (χ3v) is 4.43. The lowest BCUT2D eigenvalue weighted by Crippen LogP contribution is -2.56. The van der Waals surface area contributed by atoms with Crippen molar-refractivity contribution in [3.8, 4) is 0 Å². The lowest BCUT2D eigenvalue weighted by molar-refractivity contribution is -0.127. The van der Waals surface area contributed by atoms with Gasteiger partial charge in [0.1, 0.15) is 0 Å². The molecule has 1 aliphatic carbocycles. The molecule has 3 nitrogen and oxygen atoms in total. The van der Waals surface area contributed by atoms with Crippen molar-refractivity contribution in [2.75, 3.05) is 6.54 Å². The van der Waals surface area contributed by atoms with E-state index in [-0.39, 0.29) is 17.4 Å². The van der Waals surface area contributed by atoms with E-state index in [0.717, 1.165) is 31.7 Å². The molecule has 3 unspecified atom stereocenters. The fourth-order valence-corrected chi connectivity index (χ4v) is 3.28. The zero-order chi connectivity index (χ0) is 12.5. The van der Waals surface area contributed by atoms with E-state index < -0.39 is 0 Å². The maximum absolute atomic E-state index is 12.3. The summed E-state index contributed by atoms with van der Waals surface area (Å²) in [6.45, 7) is 7.64. The third kappa shape index (κ3) is 3.01. The first kappa shape index (κ1) is 12.9. The molecular weight excluding hydrogens is 212 g/mol. The quantitative estimate of drug-likeness (QED) is 0.773. The Morgan fingerprint density at radius 3 is 2.71 bits per heavy atom. The van der Waals surface area contributed by atoms with Crippen LogP contribution in [0.4, 0.5) is 0 Å². The van der Waals surface area contributed by atoms with Crippen molar-refractivity contribution in [3.63, 3.8) is 0 Å². The molecule has 0 bridgehead atoms. The van der Waals surface area contributed by atoms with Crippen LogP contribution in [-0.2, 0) is 4.79 Å². The van der Waals surface area contributed by atoms with Gasteiger partial charge >= 0.3 is 0 Å². The van der Waals surface area contributed by atoms with E-state index in [9.17, 15) is 4.79 Å². The summed E-state index contributed by atoms with van der Waals surface area (Å²) in [5.74, 6) is 0.987. The normalized spacial score (nSPS) is 36.8. The number of rotatable bonds is 2. The minimum Gasteiger partial charge on any atom is -0.352 e. The number of amides is 1. The van der Waals surface area contributed by atoms with Crippen molar-refractivity contribution >= 4 is 5.91 Å². The topological polar surface area (TPSA) is 41.1 Å². The number of hydrogen-bond acceptors (Lipinski definition) is 2. The fraction of sp³-hybridized carbons (Fsp3) is 0.929. The molecule has 1 heterocycles. The number of nitrogens with one attached hydrogen (secondary N) is 2. The number of hydrogen-bond donors (Lipinski definition) is 2. The molecule has 98 valence electrons. The second kappa shape index (κ2) is 4.97. The molecule has 0 aromatic rings. The molecule has 3 heteroatoms. The molecule has 0 aromatic heterocycles. The van der Waals surface area contributed by atoms with Crippen LogP contribution in [-0.4, -0.2) is 24.5 Å². The van der Waals surface area contributed by atoms with Gasteiger partial charge in [0.15, 0.2) is 0 Å². The molecule has 1 saturated carbocycles. The molecule has 17 heavy (non-hydrogen) atoms. The van der Waals surface area contributed by atoms with E-state index in [1.807, 2.05) is 0 Å². The van der Waals surface area contributed by atoms with Crippen LogP contribution in [0, 0.1) is 11.3 Å². The second-order valence-electron chi connectivity index (χ2n) is 6.60. The molecule has 0 spiro atoms. The molecule has 0 aromatic carbocycles. The van der Waals surface area contributed by atoms with Crippen molar-refractivity contribution in [1.29, 1.82) is 0 Å². The Labute approximate surface area is 105 Å². The minimum absolute atomic E-state index is 0.00726. The summed E-state index contributed by atoms with van der Waals surface area (Å²) in [5.41, 5.74) is 0.0898. The Bertz CT molecular complexity index is 288. The van der Waals surface area contributed by atoms with Gasteiger partial charge in [-0.15, -0.1) is 0 Å². The van der Waals surface area contributed by atoms with E-state index >= 15 is 0 Å². The predicted octanol–water partition coefficient (Wildman–Crippen LogP) is 2.07. The van der Waals surface area contributed by atoms with Gasteiger partial charge in [0, 0.05) is 6.04 Å². The zero-order valence-corrected chi connectivity index (χ0v) is 11.4. The van der Waals surface area contributed by atoms with Crippen LogP contribution in [0.15, 0.2) is 0 Å². The SMILES string of the molecule is CC1CCC(NC(=O)C2NCCCC2(C)C)C1. The van der Waals surface area contributed by atoms with Gasteiger partial charge < -0.3 is 10.6 Å². The van der Waals surface area contributed by atoms with Crippen molar-refractivity contribution < 1.29 is 4.79 Å². The summed E-state index contributed by atoms with van der Waals surface area (Å²) in [4.78, 5) is 12.3. The average Bonchev–Trinajstić information content (AvgIpc) is 2.63. The maximum atomic E-state index is 12.3. The van der Waals surface area contributed by atoms with Crippen LogP contribution < -0.4 is 10.6 Å². The summed E-state index contributed by atoms with van der Waals surface area (Å²) in [7, 11) is 0. The first-order valence-electron chi connectivity index (χ1n) is 7.03. The lowest BCUT2D eigenvalue weighted by atomic mass is 9.77. The fourth-order valence-electron chi connectivity index (χ4n) is 3.28. The van der Waals surface area contributed by atoms with Crippen molar-refractivity contribution in [2.45, 2.75) is 65.0 Å². The first-order valence-corrected chi connectivity index (χ1v) is 7.03. The van der Waals surface area contributed by atoms with Gasteiger partial charge in [-0.3, -0.25) is 4.79 Å². The van der Waals surface area contributed by atoms with E-state index in [0.29, 0.717) is 6.04 Å². The van der Waals surface area contributed by atoms with Crippen LogP contribution in [0.3, 0.4) is 0 Å². The number of carbonyl (C=O) groups excluding carboxylic acids is 1. The third-order valence-electron chi connectivity index (χ3n) is 4.43. The Morgan fingerprint density at radius 2 is 2.12 bits per heavy atom. The highest BCUT2D eigenvalue weighted by Gasteiger charge is 2.38. The van der Waals surface area contributed by atoms with Crippen LogP contribution in [0.5, 0.6) is 0 Å². The standard InChI is InChI=1S/C14H26N2O/c1-10-5-6-11(9-10)16-13(17)12-14(2,3)7-4-8-15-12/h10-12,15H,4-9H2,1-3H3,(H,16,17). The zero-order valence-electron chi connectivity index (χ0n) is 11.4. The van der Waals surface area contributed by atoms with Gasteiger partial charge in [0.2, 0.25) is 5.91 Å². The van der Waals surface area contributed by atoms with Crippen LogP contribution in [0.1, 0.15) is 52.9 Å². The second-order valence-corrected chi connectivity index (χ2v) is 6.60. The number of carbonyl (C=O) groups is 1. The molecule has 1 amide bonds. The molecule has 2 rings (SSSR count). The van der Waals surface area contributed by atoms with Crippen molar-refractivity contribution in [3.05, 3.63) is 0 Å². The molecule has 0 radical (unpaired) electrons. The number of piperidine rings is 1. The average molecular weight is 238 g/mol. The molecule has 2 aliphatic rings. The Hall–Kier alpha value is -0.570. The Balaban J connectivity index is 1.90. The van der Waals surface area contributed by atoms with Gasteiger partial charge in [-0.05, 0) is 50.0 Å². The van der Waals surface area contributed by atoms with Crippen LogP contribution in [0.25, 0.3) is 0 Å². The molecule has 2 fully saturated rings. The van der Waals surface area contributed by atoms with E-state index in [4.69, 9.17) is 0 Å². The molecule has 1 aliphatic heterocycles. The lowest BCUT2D eigenvalue weighted by Gasteiger charge is -2.38. The monoisotopic (exact) mass is 238 g/mol. The molecule has 3 atom stereocenters. The summed E-state index contributed by atoms with van der Waals surface area (Å²) in [6.07, 6.45) is 5.88. The van der Waals surface area contributed by atoms with E-state index in [2.05, 4.69) is 31.4 Å². The van der Waals surface area contributed by atoms with Crippen LogP contribution >= 0.6 is 0 Å². The molecule has 2 N–H and O–H groups in total. The van der Waals surface area contributed by atoms with Gasteiger partial charge in [0.25, 0.3) is 0 Å². The van der Waals surface area contributed by atoms with Gasteiger partial charge in [-0.2, -0.15) is 0 Å². The van der Waals surface area contributed by atoms with E-state index in [1.54, 1.807) is 0 Å². The van der Waals surface area contributed by atoms with Crippen molar-refractivity contribution in [1.82, 2.24) is 10.6 Å². The van der Waals surface area contributed by atoms with Crippen molar-refractivity contribution in [2.24, 2.45) is 11.3 Å². The Morgan fingerprint density at radius 1 is 1.35 bits per heavy atom. The first-order chi connectivity index (χ1) is 7.99. The summed E-state index contributed by atoms with van der Waals surface area (Å²) in [6, 6.07) is 0.407. The largest absolute Gasteiger partial charge is 0.352 e. The highest BCUT2D eigenvalue weighted by Crippen LogP contribution is 2.31. The van der Waals surface area contributed by atoms with E-state index in [1.165, 1.54) is 12.8 Å². The molecule has 1 saturated heterocycles. The Kier molecular flexibility index (Phi) is 3.76. The predicted molar refractivity (Wildman–Crippen MR) is 69.8 cm³/mol. The summed E-state index contributed by atoms with van der Waals surface area (Å²) < 4.78 is 0. The minimum atomic E-state index is -0.00726. The van der Waals surface area contributed by atoms with Gasteiger partial charge in [0.05, 0.1) is 6.04 Å². The molecular formula is C14H26N2O. The van der Waals surface area contributed by atoms with Crippen LogP contribution in [0.2, 0.25) is 0 Å². The highest BCUT2D eigenvalue weighted by molar-refractivity contribution is 5.83. The van der Waals surface area contributed by atoms with Gasteiger partial charge in [-0.1, -0.05) is 20.8 Å². The van der Waals surface area contributed by atoms with Gasteiger partial charge in [-0.25, -0.2) is 0 Å².